The van der Waals surface area contributed by atoms with Crippen LogP contribution in [0, 0.1) is 9.77 Å². The van der Waals surface area contributed by atoms with Gasteiger partial charge in [0, 0.05) is 6.08 Å². The third-order valence-electron chi connectivity index (χ3n) is 2.73. The molecule has 7 heteroatoms. The van der Waals surface area contributed by atoms with E-state index in [-0.39, 0.29) is 5.75 Å². The minimum Gasteiger partial charge on any atom is -0.494 e. The van der Waals surface area contributed by atoms with Crippen LogP contribution in [0.15, 0.2) is 18.2 Å². The van der Waals surface area contributed by atoms with Crippen molar-refractivity contribution >= 4 is 41.7 Å². The zero-order valence-electron chi connectivity index (χ0n) is 12.0. The van der Waals surface area contributed by atoms with E-state index in [1.54, 1.807) is 25.1 Å². The summed E-state index contributed by atoms with van der Waals surface area (Å²) in [5, 5.41) is 0.546. The van der Waals surface area contributed by atoms with E-state index in [2.05, 4.69) is 4.98 Å². The monoisotopic (exact) mass is 339 g/mol. The van der Waals surface area contributed by atoms with E-state index in [1.807, 2.05) is 0 Å². The van der Waals surface area contributed by atoms with Crippen molar-refractivity contribution in [2.45, 2.75) is 6.92 Å². The lowest BCUT2D eigenvalue weighted by molar-refractivity contribution is -0.135. The molecule has 0 atom stereocenters. The van der Waals surface area contributed by atoms with E-state index in [4.69, 9.17) is 21.7 Å². The van der Waals surface area contributed by atoms with E-state index in [9.17, 15) is 9.18 Å². The van der Waals surface area contributed by atoms with Crippen LogP contribution in [0.1, 0.15) is 12.5 Å². The molecule has 0 saturated heterocycles. The maximum atomic E-state index is 13.7. The number of carbonyl (C=O) groups excluding carboxylic acids is 1. The number of hydrogen-bond acceptors (Lipinski definition) is 5. The number of nitrogens with one attached hydrogen (secondary N) is 1. The fourth-order valence-corrected chi connectivity index (χ4v) is 2.95. The number of methoxy groups -OCH3 is 1. The number of aromatic amines is 1. The molecule has 0 aliphatic carbocycles. The number of thiazole rings is 1. The molecular formula is C15H14FNO3S2. The Morgan fingerprint density at radius 3 is 2.91 bits per heavy atom. The molecule has 0 spiro atoms. The van der Waals surface area contributed by atoms with Crippen molar-refractivity contribution in [2.75, 3.05) is 13.7 Å². The highest BCUT2D eigenvalue weighted by Gasteiger charge is 2.03. The van der Waals surface area contributed by atoms with Crippen LogP contribution in [0.5, 0.6) is 5.75 Å². The van der Waals surface area contributed by atoms with Crippen molar-refractivity contribution in [1.29, 1.82) is 0 Å². The van der Waals surface area contributed by atoms with Gasteiger partial charge in [0.25, 0.3) is 0 Å². The van der Waals surface area contributed by atoms with E-state index in [1.165, 1.54) is 30.6 Å². The summed E-state index contributed by atoms with van der Waals surface area (Å²) in [4.78, 5) is 14.5. The van der Waals surface area contributed by atoms with Crippen LogP contribution in [0.2, 0.25) is 0 Å². The number of esters is 1. The van der Waals surface area contributed by atoms with Gasteiger partial charge in [-0.25, -0.2) is 9.18 Å². The summed E-state index contributed by atoms with van der Waals surface area (Å²) in [5.74, 6) is -0.731. The Labute approximate surface area is 135 Å². The van der Waals surface area contributed by atoms with Gasteiger partial charge >= 0.3 is 5.97 Å². The minimum absolute atomic E-state index is 0.178. The lowest BCUT2D eigenvalue weighted by Crippen LogP contribution is -2.23. The van der Waals surface area contributed by atoms with Crippen LogP contribution in [0.3, 0.4) is 0 Å². The molecule has 0 bridgehead atoms. The van der Waals surface area contributed by atoms with Crippen molar-refractivity contribution in [3.8, 4) is 5.75 Å². The summed E-state index contributed by atoms with van der Waals surface area (Å²) in [6.45, 7) is 2.03. The average molecular weight is 339 g/mol. The Kier molecular flexibility index (Phi) is 5.46. The highest BCUT2D eigenvalue weighted by atomic mass is 32.1. The minimum atomic E-state index is -0.456. The molecule has 0 aliphatic rings. The standard InChI is InChI=1S/C15H14FNO3S2/c1-3-20-14(18)8-11-13(22-15(21)17-11)7-9-4-5-12(19-2)10(16)6-9/h4-8H,3H2,1-2H3,(H,17,21)/b11-8-,13-7-. The molecule has 0 aliphatic heterocycles. The molecule has 0 fully saturated rings. The van der Waals surface area contributed by atoms with E-state index in [0.29, 0.717) is 21.5 Å². The lowest BCUT2D eigenvalue weighted by atomic mass is 10.2. The molecule has 1 heterocycles. The number of hydrogen-bond donors (Lipinski definition) is 1. The summed E-state index contributed by atoms with van der Waals surface area (Å²) in [6.07, 6.45) is 3.08. The Morgan fingerprint density at radius 2 is 2.27 bits per heavy atom. The Bertz CT molecular complexity index is 854. The predicted molar refractivity (Wildman–Crippen MR) is 86.4 cm³/mol. The van der Waals surface area contributed by atoms with Crippen LogP contribution in [-0.4, -0.2) is 24.7 Å². The van der Waals surface area contributed by atoms with Gasteiger partial charge in [0.2, 0.25) is 0 Å². The third-order valence-corrected chi connectivity index (χ3v) is 3.92. The van der Waals surface area contributed by atoms with Crippen molar-refractivity contribution in [1.82, 2.24) is 4.98 Å². The normalized spacial score (nSPS) is 12.5. The van der Waals surface area contributed by atoms with E-state index in [0.717, 1.165) is 4.53 Å². The maximum Gasteiger partial charge on any atom is 0.332 e. The summed E-state index contributed by atoms with van der Waals surface area (Å²) in [5.41, 5.74) is 0.641. The summed E-state index contributed by atoms with van der Waals surface area (Å²) in [6, 6.07) is 4.62. The first-order valence-corrected chi connectivity index (χ1v) is 7.69. The number of ether oxygens (including phenoxy) is 2. The summed E-state index contributed by atoms with van der Waals surface area (Å²) in [7, 11) is 1.41. The molecule has 0 radical (unpaired) electrons. The molecule has 2 rings (SSSR count). The topological polar surface area (TPSA) is 51.3 Å². The van der Waals surface area contributed by atoms with Crippen LogP contribution in [-0.2, 0) is 9.53 Å². The first kappa shape index (κ1) is 16.4. The van der Waals surface area contributed by atoms with E-state index < -0.39 is 11.8 Å². The lowest BCUT2D eigenvalue weighted by Gasteiger charge is -2.01. The number of halogens is 1. The van der Waals surface area contributed by atoms with Crippen LogP contribution >= 0.6 is 23.6 Å². The largest absolute Gasteiger partial charge is 0.494 e. The fourth-order valence-electron chi connectivity index (χ4n) is 1.79. The predicted octanol–water partition coefficient (Wildman–Crippen LogP) is 2.13. The molecular weight excluding hydrogens is 325 g/mol. The second-order valence-corrected chi connectivity index (χ2v) is 5.95. The van der Waals surface area contributed by atoms with Gasteiger partial charge in [-0.2, -0.15) is 0 Å². The molecule has 1 aromatic heterocycles. The first-order valence-electron chi connectivity index (χ1n) is 6.46. The Morgan fingerprint density at radius 1 is 1.50 bits per heavy atom. The molecule has 2 aromatic rings. The van der Waals surface area contributed by atoms with Gasteiger partial charge in [-0.1, -0.05) is 6.07 Å². The molecule has 0 saturated carbocycles. The van der Waals surface area contributed by atoms with Gasteiger partial charge in [0.15, 0.2) is 15.5 Å². The Hall–Kier alpha value is -1.99. The molecule has 116 valence electrons. The van der Waals surface area contributed by atoms with Crippen molar-refractivity contribution in [3.63, 3.8) is 0 Å². The smallest absolute Gasteiger partial charge is 0.332 e. The van der Waals surface area contributed by atoms with Gasteiger partial charge in [0.05, 0.1) is 23.6 Å². The number of carbonyl (C=O) groups is 1. The van der Waals surface area contributed by atoms with Gasteiger partial charge in [-0.3, -0.25) is 0 Å². The fraction of sp³-hybridized carbons (Fsp3) is 0.200. The van der Waals surface area contributed by atoms with Crippen LogP contribution in [0.4, 0.5) is 4.39 Å². The molecule has 0 amide bonds. The van der Waals surface area contributed by atoms with Gasteiger partial charge < -0.3 is 14.5 Å². The Balaban J connectivity index is 2.51. The highest BCUT2D eigenvalue weighted by molar-refractivity contribution is 7.73. The number of benzene rings is 1. The van der Waals surface area contributed by atoms with Crippen LogP contribution in [0.25, 0.3) is 12.2 Å². The molecule has 4 nitrogen and oxygen atoms in total. The second kappa shape index (κ2) is 7.33. The second-order valence-electron chi connectivity index (χ2n) is 4.23. The molecule has 0 unspecified atom stereocenters. The molecule has 1 aromatic carbocycles. The molecule has 1 N–H and O–H groups in total. The number of H-pyrrole nitrogens is 1. The SMILES string of the molecule is CCOC(=O)/C=c1\[nH]c(=S)s\c1=C/c1ccc(OC)c(F)c1. The zero-order chi connectivity index (χ0) is 16.1. The number of rotatable bonds is 4. The van der Waals surface area contributed by atoms with Crippen molar-refractivity contribution < 1.29 is 18.7 Å². The third kappa shape index (κ3) is 4.02. The number of aromatic nitrogens is 1. The highest BCUT2D eigenvalue weighted by Crippen LogP contribution is 2.17. The van der Waals surface area contributed by atoms with Crippen molar-refractivity contribution in [3.05, 3.63) is 43.4 Å². The van der Waals surface area contributed by atoms with Gasteiger partial charge in [-0.05, 0) is 42.9 Å². The maximum absolute atomic E-state index is 13.7. The molecule has 22 heavy (non-hydrogen) atoms. The van der Waals surface area contributed by atoms with Gasteiger partial charge in [0.1, 0.15) is 0 Å². The summed E-state index contributed by atoms with van der Waals surface area (Å²) < 4.78 is 24.7. The first-order chi connectivity index (χ1) is 10.5. The van der Waals surface area contributed by atoms with Crippen molar-refractivity contribution in [2.24, 2.45) is 0 Å². The van der Waals surface area contributed by atoms with Crippen LogP contribution < -0.4 is 14.6 Å². The average Bonchev–Trinajstić information content (AvgIpc) is 2.79. The zero-order valence-corrected chi connectivity index (χ0v) is 13.6. The van der Waals surface area contributed by atoms with E-state index >= 15 is 0 Å². The van der Waals surface area contributed by atoms with Gasteiger partial charge in [-0.15, -0.1) is 11.3 Å². The summed E-state index contributed by atoms with van der Waals surface area (Å²) >= 11 is 6.39. The quantitative estimate of drug-likeness (QED) is 0.685.